The molecule has 0 radical (unpaired) electrons. The summed E-state index contributed by atoms with van der Waals surface area (Å²) in [6.45, 7) is -1.17. The third kappa shape index (κ3) is 2.61. The maximum Gasteiger partial charge on any atom is 0.406 e. The Balaban J connectivity index is 2.48. The van der Waals surface area contributed by atoms with Crippen LogP contribution in [0, 0.1) is 0 Å². The second kappa shape index (κ2) is 5.27. The fraction of sp³-hybridized carbons (Fsp3) is 0.231. The molecule has 3 rings (SSSR count). The van der Waals surface area contributed by atoms with Crippen molar-refractivity contribution in [3.63, 3.8) is 0 Å². The molecule has 4 nitrogen and oxygen atoms in total. The molecule has 22 heavy (non-hydrogen) atoms. The molecule has 9 heteroatoms. The van der Waals surface area contributed by atoms with Crippen molar-refractivity contribution >= 4 is 49.5 Å². The highest BCUT2D eigenvalue weighted by Gasteiger charge is 2.31. The number of hydrogen-bond acceptors (Lipinski definition) is 3. The van der Waals surface area contributed by atoms with Crippen molar-refractivity contribution in [3.05, 3.63) is 28.0 Å². The second-order valence-corrected chi connectivity index (χ2v) is 5.82. The van der Waals surface area contributed by atoms with Gasteiger partial charge in [-0.1, -0.05) is 15.9 Å². The Morgan fingerprint density at radius 2 is 2.05 bits per heavy atom. The van der Waals surface area contributed by atoms with Crippen LogP contribution >= 0.6 is 27.5 Å². The van der Waals surface area contributed by atoms with E-state index in [0.717, 1.165) is 9.04 Å². The van der Waals surface area contributed by atoms with Crippen molar-refractivity contribution in [2.24, 2.45) is 0 Å². The van der Waals surface area contributed by atoms with E-state index in [2.05, 4.69) is 25.9 Å². The van der Waals surface area contributed by atoms with Gasteiger partial charge in [0.1, 0.15) is 17.6 Å². The van der Waals surface area contributed by atoms with Crippen molar-refractivity contribution in [2.45, 2.75) is 12.7 Å². The Hall–Kier alpha value is -1.54. The number of rotatable bonds is 2. The number of aromatic nitrogens is 3. The summed E-state index contributed by atoms with van der Waals surface area (Å²) < 4.78 is 45.7. The topological polar surface area (TPSA) is 39.9 Å². The second-order valence-electron chi connectivity index (χ2n) is 4.56. The minimum atomic E-state index is -4.39. The molecule has 0 spiro atoms. The van der Waals surface area contributed by atoms with Gasteiger partial charge in [0.15, 0.2) is 0 Å². The number of hydrogen-bond donors (Lipinski definition) is 0. The van der Waals surface area contributed by atoms with E-state index >= 15 is 0 Å². The van der Waals surface area contributed by atoms with Gasteiger partial charge in [-0.2, -0.15) is 18.2 Å². The number of alkyl halides is 3. The van der Waals surface area contributed by atoms with Gasteiger partial charge in [-0.15, -0.1) is 0 Å². The Morgan fingerprint density at radius 3 is 2.68 bits per heavy atom. The normalized spacial score (nSPS) is 12.3. The molecule has 0 aliphatic rings. The average Bonchev–Trinajstić information content (AvgIpc) is 2.70. The largest absolute Gasteiger partial charge is 0.479 e. The van der Waals surface area contributed by atoms with Crippen molar-refractivity contribution in [2.75, 3.05) is 7.11 Å². The van der Waals surface area contributed by atoms with Gasteiger partial charge >= 0.3 is 6.18 Å². The summed E-state index contributed by atoms with van der Waals surface area (Å²) in [5, 5.41) is 0.451. The van der Waals surface area contributed by atoms with E-state index in [9.17, 15) is 13.2 Å². The van der Waals surface area contributed by atoms with Crippen molar-refractivity contribution < 1.29 is 17.9 Å². The first kappa shape index (κ1) is 15.4. The number of methoxy groups -OCH3 is 1. The number of ether oxygens (including phenoxy) is 1. The minimum absolute atomic E-state index is 0.00609. The van der Waals surface area contributed by atoms with Crippen LogP contribution in [-0.2, 0) is 6.54 Å². The van der Waals surface area contributed by atoms with Crippen LogP contribution in [0.1, 0.15) is 0 Å². The summed E-state index contributed by atoms with van der Waals surface area (Å²) in [6.07, 6.45) is -4.39. The molecule has 0 aliphatic heterocycles. The monoisotopic (exact) mass is 393 g/mol. The van der Waals surface area contributed by atoms with E-state index in [0.29, 0.717) is 16.4 Å². The fourth-order valence-electron chi connectivity index (χ4n) is 2.38. The number of nitrogens with zero attached hydrogens (tertiary/aromatic N) is 3. The van der Waals surface area contributed by atoms with Gasteiger partial charge in [-0.05, 0) is 29.8 Å². The number of halogens is 5. The van der Waals surface area contributed by atoms with Gasteiger partial charge < -0.3 is 9.30 Å². The van der Waals surface area contributed by atoms with E-state index in [1.165, 1.54) is 7.11 Å². The van der Waals surface area contributed by atoms with E-state index in [4.69, 9.17) is 16.3 Å². The van der Waals surface area contributed by atoms with Gasteiger partial charge in [-0.3, -0.25) is 0 Å². The molecule has 2 aromatic heterocycles. The summed E-state index contributed by atoms with van der Waals surface area (Å²) in [6, 6.07) is 4.93. The molecule has 0 aliphatic carbocycles. The van der Waals surface area contributed by atoms with Crippen LogP contribution in [0.15, 0.2) is 22.7 Å². The van der Waals surface area contributed by atoms with Crippen LogP contribution in [0.3, 0.4) is 0 Å². The van der Waals surface area contributed by atoms with Crippen molar-refractivity contribution in [1.82, 2.24) is 14.5 Å². The lowest BCUT2D eigenvalue weighted by Gasteiger charge is -2.11. The standard InChI is InChI=1S/C13H8BrClF3N3O/c1-22-11-10-9(19-12(15)20-11)7-4-6(14)2-3-8(7)21(10)5-13(16,17)18/h2-4H,5H2,1H3. The molecular weight excluding hydrogens is 387 g/mol. The van der Waals surface area contributed by atoms with Gasteiger partial charge in [0.05, 0.1) is 12.6 Å². The molecular formula is C13H8BrClF3N3O. The highest BCUT2D eigenvalue weighted by molar-refractivity contribution is 9.10. The summed E-state index contributed by atoms with van der Waals surface area (Å²) in [5.74, 6) is 0.00609. The van der Waals surface area contributed by atoms with Crippen LogP contribution in [0.25, 0.3) is 21.9 Å². The van der Waals surface area contributed by atoms with E-state index in [1.807, 2.05) is 0 Å². The lowest BCUT2D eigenvalue weighted by atomic mass is 10.2. The van der Waals surface area contributed by atoms with Crippen LogP contribution in [0.4, 0.5) is 13.2 Å². The summed E-state index contributed by atoms with van der Waals surface area (Å²) in [4.78, 5) is 7.93. The smallest absolute Gasteiger partial charge is 0.406 e. The zero-order valence-electron chi connectivity index (χ0n) is 11.1. The van der Waals surface area contributed by atoms with Crippen molar-refractivity contribution in [1.29, 1.82) is 0 Å². The first-order chi connectivity index (χ1) is 10.3. The lowest BCUT2D eigenvalue weighted by molar-refractivity contribution is -0.139. The molecule has 1 aromatic carbocycles. The molecule has 0 saturated carbocycles. The first-order valence-electron chi connectivity index (χ1n) is 6.06. The zero-order chi connectivity index (χ0) is 16.1. The molecule has 0 unspecified atom stereocenters. The summed E-state index contributed by atoms with van der Waals surface area (Å²) >= 11 is 9.14. The minimum Gasteiger partial charge on any atom is -0.479 e. The van der Waals surface area contributed by atoms with Crippen LogP contribution in [-0.4, -0.2) is 27.8 Å². The third-order valence-corrected chi connectivity index (χ3v) is 3.79. The predicted octanol–water partition coefficient (Wildman–Crippen LogP) is 4.57. The molecule has 0 fully saturated rings. The average molecular weight is 395 g/mol. The maximum absolute atomic E-state index is 12.9. The highest BCUT2D eigenvalue weighted by Crippen LogP contribution is 2.36. The third-order valence-electron chi connectivity index (χ3n) is 3.13. The molecule has 0 N–H and O–H groups in total. The zero-order valence-corrected chi connectivity index (χ0v) is 13.4. The van der Waals surface area contributed by atoms with Crippen LogP contribution < -0.4 is 4.74 Å². The molecule has 116 valence electrons. The van der Waals surface area contributed by atoms with Crippen LogP contribution in [0.5, 0.6) is 5.88 Å². The van der Waals surface area contributed by atoms with E-state index in [-0.39, 0.29) is 16.7 Å². The summed E-state index contributed by atoms with van der Waals surface area (Å²) in [5.41, 5.74) is 0.861. The molecule has 0 bridgehead atoms. The fourth-order valence-corrected chi connectivity index (χ4v) is 2.90. The SMILES string of the molecule is COc1nc(Cl)nc2c3cc(Br)ccc3n(CC(F)(F)F)c12. The molecule has 0 saturated heterocycles. The van der Waals surface area contributed by atoms with Crippen LogP contribution in [0.2, 0.25) is 5.28 Å². The van der Waals surface area contributed by atoms with Gasteiger partial charge in [-0.25, -0.2) is 4.98 Å². The molecule has 2 heterocycles. The quantitative estimate of drug-likeness (QED) is 0.598. The Bertz CT molecular complexity index is 878. The van der Waals surface area contributed by atoms with Crippen molar-refractivity contribution in [3.8, 4) is 5.88 Å². The van der Waals surface area contributed by atoms with Gasteiger partial charge in [0.2, 0.25) is 11.2 Å². The Labute approximate surface area is 136 Å². The Kier molecular flexibility index (Phi) is 3.68. The van der Waals surface area contributed by atoms with Gasteiger partial charge in [0.25, 0.3) is 0 Å². The lowest BCUT2D eigenvalue weighted by Crippen LogP contribution is -2.17. The number of benzene rings is 1. The maximum atomic E-state index is 12.9. The predicted molar refractivity (Wildman–Crippen MR) is 80.4 cm³/mol. The van der Waals surface area contributed by atoms with E-state index in [1.54, 1.807) is 18.2 Å². The van der Waals surface area contributed by atoms with E-state index < -0.39 is 12.7 Å². The Morgan fingerprint density at radius 1 is 1.32 bits per heavy atom. The molecule has 0 amide bonds. The highest BCUT2D eigenvalue weighted by atomic mass is 79.9. The summed E-state index contributed by atoms with van der Waals surface area (Å²) in [7, 11) is 1.32. The first-order valence-corrected chi connectivity index (χ1v) is 7.23. The molecule has 0 atom stereocenters. The van der Waals surface area contributed by atoms with Gasteiger partial charge in [0, 0.05) is 9.86 Å². The number of fused-ring (bicyclic) bond motifs is 3. The molecule has 3 aromatic rings.